The van der Waals surface area contributed by atoms with E-state index in [1.54, 1.807) is 0 Å². The second kappa shape index (κ2) is 7.34. The molecule has 114 valence electrons. The molecule has 0 spiro atoms. The number of rotatable bonds is 6. The van der Waals surface area contributed by atoms with Gasteiger partial charge in [0.2, 0.25) is 0 Å². The Morgan fingerprint density at radius 3 is 1.75 bits per heavy atom. The lowest BCUT2D eigenvalue weighted by atomic mass is 10.2. The molecule has 0 aromatic heterocycles. The molecule has 6 heteroatoms. The normalized spacial score (nSPS) is 12.5. The lowest BCUT2D eigenvalue weighted by molar-refractivity contribution is 0.128. The summed E-state index contributed by atoms with van der Waals surface area (Å²) in [6.07, 6.45) is 0. The van der Waals surface area contributed by atoms with Crippen LogP contribution in [0.1, 0.15) is 11.1 Å². The van der Waals surface area contributed by atoms with Crippen LogP contribution in [0.25, 0.3) is 0 Å². The van der Waals surface area contributed by atoms with Crippen molar-refractivity contribution >= 4 is 7.51 Å². The van der Waals surface area contributed by atoms with E-state index in [0.29, 0.717) is 6.61 Å². The monoisotopic (exact) mass is 298 g/mol. The first-order valence-corrected chi connectivity index (χ1v) is 8.23. The van der Waals surface area contributed by atoms with Gasteiger partial charge >= 0.3 is 0 Å². The molecule has 0 aliphatic rings. The van der Waals surface area contributed by atoms with Gasteiger partial charge in [0, 0.05) is 0 Å². The summed E-state index contributed by atoms with van der Waals surface area (Å²) in [5.74, 6) is 0. The minimum atomic E-state index is -1.96. The number of nitrogens with zero attached hydrogens (tertiary/aromatic N) is 4. The van der Waals surface area contributed by atoms with Crippen LogP contribution in [-0.4, -0.2) is 56.3 Å². The number of benzene rings is 1. The van der Waals surface area contributed by atoms with E-state index in [9.17, 15) is 0 Å². The maximum Gasteiger partial charge on any atom is 0.197 e. The third-order valence-electron chi connectivity index (χ3n) is 3.13. The van der Waals surface area contributed by atoms with Crippen LogP contribution < -0.4 is 0 Å². The Morgan fingerprint density at radius 2 is 1.35 bits per heavy atom. The molecule has 0 aliphatic carbocycles. The first kappa shape index (κ1) is 17.3. The third kappa shape index (κ3) is 3.90. The zero-order valence-electron chi connectivity index (χ0n) is 13.7. The van der Waals surface area contributed by atoms with Gasteiger partial charge in [0.05, 0.1) is 0 Å². The van der Waals surface area contributed by atoms with Gasteiger partial charge in [-0.3, -0.25) is 14.0 Å². The van der Waals surface area contributed by atoms with E-state index in [0.717, 1.165) is 5.56 Å². The average Bonchev–Trinajstić information content (AvgIpc) is 2.35. The summed E-state index contributed by atoms with van der Waals surface area (Å²) in [4.78, 5) is 10.2. The van der Waals surface area contributed by atoms with Crippen molar-refractivity contribution in [3.8, 4) is 0 Å². The van der Waals surface area contributed by atoms with Gasteiger partial charge in [-0.25, -0.2) is 4.84 Å². The van der Waals surface area contributed by atoms with Gasteiger partial charge in [-0.15, -0.1) is 4.91 Å². The lowest BCUT2D eigenvalue weighted by Gasteiger charge is -2.39. The van der Waals surface area contributed by atoms with Crippen molar-refractivity contribution in [3.05, 3.63) is 35.4 Å². The molecule has 0 saturated carbocycles. The van der Waals surface area contributed by atoms with Crippen molar-refractivity contribution in [3.63, 3.8) is 0 Å². The van der Waals surface area contributed by atoms with Crippen LogP contribution >= 0.6 is 7.51 Å². The predicted molar refractivity (Wildman–Crippen MR) is 86.4 cm³/mol. The maximum absolute atomic E-state index is 5.66. The van der Waals surface area contributed by atoms with Gasteiger partial charge in [0.1, 0.15) is 6.61 Å². The molecule has 0 fully saturated rings. The highest BCUT2D eigenvalue weighted by molar-refractivity contribution is 7.58. The molecule has 0 amide bonds. The number of hydrogen-bond donors (Lipinski definition) is 0. The minimum absolute atomic E-state index is 0.498. The predicted octanol–water partition coefficient (Wildman–Crippen LogP) is 3.06. The Hall–Kier alpha value is -0.710. The largest absolute Gasteiger partial charge is 0.250 e. The molecule has 0 N–H and O–H groups in total. The fraction of sp³-hybridized carbons (Fsp3) is 0.571. The van der Waals surface area contributed by atoms with Gasteiger partial charge in [0.15, 0.2) is 7.51 Å². The molecular formula is C14H27N4OP. The topological polar surface area (TPSA) is 31.3 Å². The van der Waals surface area contributed by atoms with Crippen LogP contribution in [0.3, 0.4) is 0 Å². The van der Waals surface area contributed by atoms with E-state index < -0.39 is 7.51 Å². The zero-order chi connectivity index (χ0) is 15.3. The standard InChI is InChI=1S/C14H27N4OP/c1-13-8-10-14(11-9-13)12-19-15-20(16(2)3,17(4)5)18(6)7/h8-11H,12H2,1-7H3. The van der Waals surface area contributed by atoms with Crippen LogP contribution in [0.2, 0.25) is 0 Å². The molecule has 1 aromatic carbocycles. The summed E-state index contributed by atoms with van der Waals surface area (Å²) in [5.41, 5.74) is 2.39. The van der Waals surface area contributed by atoms with Crippen LogP contribution in [0.4, 0.5) is 0 Å². The molecular weight excluding hydrogens is 271 g/mol. The van der Waals surface area contributed by atoms with Crippen molar-refractivity contribution in [1.29, 1.82) is 0 Å². The van der Waals surface area contributed by atoms with Crippen molar-refractivity contribution in [1.82, 2.24) is 14.0 Å². The van der Waals surface area contributed by atoms with Gasteiger partial charge in [-0.2, -0.15) is 0 Å². The van der Waals surface area contributed by atoms with Crippen LogP contribution in [0, 0.1) is 6.92 Å². The molecule has 0 aliphatic heterocycles. The Kier molecular flexibility index (Phi) is 6.37. The Morgan fingerprint density at radius 1 is 0.900 bits per heavy atom. The molecule has 0 atom stereocenters. The fourth-order valence-electron chi connectivity index (χ4n) is 2.16. The Labute approximate surface area is 123 Å². The SMILES string of the molecule is Cc1ccc(CON=P(N(C)C)(N(C)C)N(C)C)cc1. The molecule has 0 radical (unpaired) electrons. The van der Waals surface area contributed by atoms with Gasteiger partial charge in [-0.1, -0.05) is 29.8 Å². The Bertz CT molecular complexity index is 440. The molecule has 0 bridgehead atoms. The molecule has 1 aromatic rings. The average molecular weight is 298 g/mol. The van der Waals surface area contributed by atoms with Gasteiger partial charge < -0.3 is 0 Å². The highest BCUT2D eigenvalue weighted by Gasteiger charge is 2.29. The van der Waals surface area contributed by atoms with Crippen molar-refractivity contribution < 1.29 is 4.84 Å². The maximum atomic E-state index is 5.66. The van der Waals surface area contributed by atoms with Crippen molar-refractivity contribution in [2.24, 2.45) is 4.91 Å². The highest BCUT2D eigenvalue weighted by atomic mass is 31.2. The number of aryl methyl sites for hydroxylation is 1. The van der Waals surface area contributed by atoms with E-state index in [-0.39, 0.29) is 0 Å². The van der Waals surface area contributed by atoms with Crippen LogP contribution in [-0.2, 0) is 11.4 Å². The van der Waals surface area contributed by atoms with E-state index >= 15 is 0 Å². The Balaban J connectivity index is 2.90. The second-order valence-electron chi connectivity index (χ2n) is 5.42. The van der Waals surface area contributed by atoms with E-state index in [4.69, 9.17) is 4.84 Å². The van der Waals surface area contributed by atoms with E-state index in [1.165, 1.54) is 5.56 Å². The summed E-state index contributed by atoms with van der Waals surface area (Å²) in [6, 6.07) is 8.33. The highest BCUT2D eigenvalue weighted by Crippen LogP contribution is 2.54. The van der Waals surface area contributed by atoms with Crippen LogP contribution in [0.15, 0.2) is 29.2 Å². The summed E-state index contributed by atoms with van der Waals surface area (Å²) in [7, 11) is 10.2. The van der Waals surface area contributed by atoms with Crippen molar-refractivity contribution in [2.45, 2.75) is 13.5 Å². The summed E-state index contributed by atoms with van der Waals surface area (Å²) < 4.78 is 6.38. The van der Waals surface area contributed by atoms with Gasteiger partial charge in [0.25, 0.3) is 0 Å². The lowest BCUT2D eigenvalue weighted by Crippen LogP contribution is -2.30. The first-order valence-electron chi connectivity index (χ1n) is 6.63. The quantitative estimate of drug-likeness (QED) is 0.597. The summed E-state index contributed by atoms with van der Waals surface area (Å²) in [5, 5.41) is 0. The van der Waals surface area contributed by atoms with Gasteiger partial charge in [-0.05, 0) is 54.8 Å². The molecule has 5 nitrogen and oxygen atoms in total. The zero-order valence-corrected chi connectivity index (χ0v) is 14.6. The van der Waals surface area contributed by atoms with E-state index in [2.05, 4.69) is 50.1 Å². The van der Waals surface area contributed by atoms with Crippen molar-refractivity contribution in [2.75, 3.05) is 42.3 Å². The molecule has 1 rings (SSSR count). The summed E-state index contributed by atoms with van der Waals surface area (Å²) >= 11 is 0. The third-order valence-corrected chi connectivity index (χ3v) is 6.68. The van der Waals surface area contributed by atoms with Crippen LogP contribution in [0.5, 0.6) is 0 Å². The van der Waals surface area contributed by atoms with E-state index in [1.807, 2.05) is 42.3 Å². The summed E-state index contributed by atoms with van der Waals surface area (Å²) in [6.45, 7) is 2.58. The number of hydrogen-bond acceptors (Lipinski definition) is 2. The fourth-order valence-corrected chi connectivity index (χ4v) is 4.96. The molecule has 0 heterocycles. The minimum Gasteiger partial charge on any atom is -0.250 e. The molecule has 20 heavy (non-hydrogen) atoms. The molecule has 0 unspecified atom stereocenters. The second-order valence-corrected chi connectivity index (χ2v) is 9.06. The molecule has 0 saturated heterocycles. The first-order chi connectivity index (χ1) is 9.30. The smallest absolute Gasteiger partial charge is 0.197 e.